The molecule has 0 saturated heterocycles. The summed E-state index contributed by atoms with van der Waals surface area (Å²) in [5.74, 6) is 0. The lowest BCUT2D eigenvalue weighted by Gasteiger charge is -2.15. The second-order valence-electron chi connectivity index (χ2n) is 4.68. The second kappa shape index (κ2) is 6.27. The van der Waals surface area contributed by atoms with Gasteiger partial charge in [0.1, 0.15) is 0 Å². The minimum absolute atomic E-state index is 0.314. The van der Waals surface area contributed by atoms with E-state index in [1.54, 1.807) is 0 Å². The molecule has 1 unspecified atom stereocenters. The number of rotatable bonds is 4. The van der Waals surface area contributed by atoms with Crippen LogP contribution in [0.25, 0.3) is 0 Å². The number of likely N-dealkylation sites (N-methyl/N-ethyl adjacent to an activating group) is 1. The van der Waals surface area contributed by atoms with Crippen LogP contribution in [-0.2, 0) is 6.42 Å². The monoisotopic (exact) mass is 313 g/mol. The fraction of sp³-hybridized carbons (Fsp3) is 0.333. The third-order valence-corrected chi connectivity index (χ3v) is 5.31. The van der Waals surface area contributed by atoms with Crippen molar-refractivity contribution in [2.45, 2.75) is 26.3 Å². The predicted octanol–water partition coefficient (Wildman–Crippen LogP) is 5.17. The third kappa shape index (κ3) is 3.51. The van der Waals surface area contributed by atoms with Gasteiger partial charge >= 0.3 is 0 Å². The Balaban J connectivity index is 2.21. The van der Waals surface area contributed by atoms with E-state index >= 15 is 0 Å². The van der Waals surface area contributed by atoms with Gasteiger partial charge in [-0.2, -0.15) is 0 Å². The van der Waals surface area contributed by atoms with Gasteiger partial charge in [0.05, 0.1) is 10.0 Å². The average molecular weight is 314 g/mol. The number of hydrogen-bond donors (Lipinski definition) is 1. The van der Waals surface area contributed by atoms with Crippen molar-refractivity contribution in [3.8, 4) is 0 Å². The van der Waals surface area contributed by atoms with Crippen LogP contribution in [0.3, 0.4) is 0 Å². The molecule has 1 heterocycles. The Hall–Kier alpha value is -0.540. The molecule has 4 heteroatoms. The Morgan fingerprint density at radius 2 is 1.89 bits per heavy atom. The third-order valence-electron chi connectivity index (χ3n) is 3.30. The van der Waals surface area contributed by atoms with Crippen LogP contribution >= 0.6 is 34.5 Å². The Kier molecular flexibility index (Phi) is 4.91. The van der Waals surface area contributed by atoms with Gasteiger partial charge in [0.25, 0.3) is 0 Å². The lowest BCUT2D eigenvalue weighted by atomic mass is 10.0. The number of thiophene rings is 1. The molecule has 1 aromatic heterocycles. The molecule has 0 amide bonds. The largest absolute Gasteiger partial charge is 0.312 e. The Morgan fingerprint density at radius 1 is 1.16 bits per heavy atom. The predicted molar refractivity (Wildman–Crippen MR) is 85.8 cm³/mol. The zero-order chi connectivity index (χ0) is 14.0. The summed E-state index contributed by atoms with van der Waals surface area (Å²) in [6.07, 6.45) is 0.910. The molecule has 2 rings (SSSR count). The van der Waals surface area contributed by atoms with Gasteiger partial charge < -0.3 is 5.32 Å². The second-order valence-corrected chi connectivity index (χ2v) is 6.78. The Morgan fingerprint density at radius 3 is 2.42 bits per heavy atom. The molecule has 0 radical (unpaired) electrons. The van der Waals surface area contributed by atoms with Crippen molar-refractivity contribution >= 4 is 34.5 Å². The molecule has 0 fully saturated rings. The highest BCUT2D eigenvalue weighted by atomic mass is 35.5. The summed E-state index contributed by atoms with van der Waals surface area (Å²) in [6, 6.07) is 8.41. The van der Waals surface area contributed by atoms with E-state index in [4.69, 9.17) is 23.2 Å². The number of benzene rings is 1. The quantitative estimate of drug-likeness (QED) is 0.820. The molecule has 102 valence electrons. The van der Waals surface area contributed by atoms with E-state index in [-0.39, 0.29) is 0 Å². The maximum absolute atomic E-state index is 6.07. The lowest BCUT2D eigenvalue weighted by molar-refractivity contribution is 0.602. The molecular weight excluding hydrogens is 297 g/mol. The van der Waals surface area contributed by atoms with Crippen molar-refractivity contribution in [2.75, 3.05) is 7.05 Å². The summed E-state index contributed by atoms with van der Waals surface area (Å²) in [4.78, 5) is 2.74. The molecule has 19 heavy (non-hydrogen) atoms. The van der Waals surface area contributed by atoms with Crippen LogP contribution in [0, 0.1) is 13.8 Å². The molecule has 1 aromatic carbocycles. The fourth-order valence-electron chi connectivity index (χ4n) is 2.02. The zero-order valence-corrected chi connectivity index (χ0v) is 13.6. The van der Waals surface area contributed by atoms with Crippen LogP contribution in [0.5, 0.6) is 0 Å². The van der Waals surface area contributed by atoms with Gasteiger partial charge in [-0.05, 0) is 56.6 Å². The molecule has 2 aromatic rings. The Labute approximate surface area is 128 Å². The van der Waals surface area contributed by atoms with E-state index in [0.717, 1.165) is 6.42 Å². The minimum Gasteiger partial charge on any atom is -0.312 e. The van der Waals surface area contributed by atoms with E-state index in [0.29, 0.717) is 16.1 Å². The van der Waals surface area contributed by atoms with Gasteiger partial charge in [-0.1, -0.05) is 29.3 Å². The number of halogens is 2. The lowest BCUT2D eigenvalue weighted by Crippen LogP contribution is -2.17. The van der Waals surface area contributed by atoms with Crippen molar-refractivity contribution in [3.63, 3.8) is 0 Å². The van der Waals surface area contributed by atoms with Crippen molar-refractivity contribution in [3.05, 3.63) is 55.2 Å². The summed E-state index contributed by atoms with van der Waals surface area (Å²) in [5.41, 5.74) is 2.55. The van der Waals surface area contributed by atoms with E-state index in [1.165, 1.54) is 20.9 Å². The standard InChI is InChI=1S/C15H17Cl2NS/c1-9-6-15(19-10(9)2)14(18-3)8-11-4-5-12(16)13(17)7-11/h4-7,14,18H,8H2,1-3H3. The SMILES string of the molecule is CNC(Cc1ccc(Cl)c(Cl)c1)c1cc(C)c(C)s1. The molecule has 1 N–H and O–H groups in total. The van der Waals surface area contributed by atoms with E-state index < -0.39 is 0 Å². The first kappa shape index (κ1) is 14.9. The fourth-order valence-corrected chi connectivity index (χ4v) is 3.49. The summed E-state index contributed by atoms with van der Waals surface area (Å²) in [5, 5.41) is 4.60. The smallest absolute Gasteiger partial charge is 0.0595 e. The highest BCUT2D eigenvalue weighted by Gasteiger charge is 2.14. The average Bonchev–Trinajstić information content (AvgIpc) is 2.71. The van der Waals surface area contributed by atoms with Crippen molar-refractivity contribution < 1.29 is 0 Å². The topological polar surface area (TPSA) is 12.0 Å². The molecule has 1 nitrogen and oxygen atoms in total. The summed E-state index contributed by atoms with van der Waals surface area (Å²) in [7, 11) is 1.99. The van der Waals surface area contributed by atoms with Crippen molar-refractivity contribution in [2.24, 2.45) is 0 Å². The highest BCUT2D eigenvalue weighted by Crippen LogP contribution is 2.30. The molecule has 0 aliphatic rings. The molecule has 0 aliphatic heterocycles. The van der Waals surface area contributed by atoms with Gasteiger partial charge in [-0.25, -0.2) is 0 Å². The van der Waals surface area contributed by atoms with Gasteiger partial charge in [0, 0.05) is 15.8 Å². The van der Waals surface area contributed by atoms with Crippen LogP contribution in [0.15, 0.2) is 24.3 Å². The summed E-state index contributed by atoms with van der Waals surface area (Å²) < 4.78 is 0. The van der Waals surface area contributed by atoms with Gasteiger partial charge in [-0.3, -0.25) is 0 Å². The first-order valence-electron chi connectivity index (χ1n) is 6.19. The minimum atomic E-state index is 0.314. The Bertz CT molecular complexity index is 558. The normalized spacial score (nSPS) is 12.7. The summed E-state index contributed by atoms with van der Waals surface area (Å²) in [6.45, 7) is 4.32. The van der Waals surface area contributed by atoms with Crippen LogP contribution in [0.2, 0.25) is 10.0 Å². The number of aryl methyl sites for hydroxylation is 2. The molecule has 0 aliphatic carbocycles. The molecule has 0 bridgehead atoms. The number of hydrogen-bond acceptors (Lipinski definition) is 2. The van der Waals surface area contributed by atoms with Crippen molar-refractivity contribution in [1.29, 1.82) is 0 Å². The van der Waals surface area contributed by atoms with Crippen LogP contribution in [-0.4, -0.2) is 7.05 Å². The van der Waals surface area contributed by atoms with Gasteiger partial charge in [0.2, 0.25) is 0 Å². The van der Waals surface area contributed by atoms with Crippen LogP contribution in [0.4, 0.5) is 0 Å². The first-order valence-corrected chi connectivity index (χ1v) is 7.76. The van der Waals surface area contributed by atoms with Gasteiger partial charge in [-0.15, -0.1) is 11.3 Å². The van der Waals surface area contributed by atoms with Crippen LogP contribution < -0.4 is 5.32 Å². The zero-order valence-electron chi connectivity index (χ0n) is 11.3. The molecular formula is C15H17Cl2NS. The van der Waals surface area contributed by atoms with Crippen molar-refractivity contribution in [1.82, 2.24) is 5.32 Å². The van der Waals surface area contributed by atoms with E-state index in [1.807, 2.05) is 36.6 Å². The molecule has 0 saturated carbocycles. The van der Waals surface area contributed by atoms with Gasteiger partial charge in [0.15, 0.2) is 0 Å². The first-order chi connectivity index (χ1) is 9.01. The number of nitrogens with one attached hydrogen (secondary N) is 1. The van der Waals surface area contributed by atoms with E-state index in [2.05, 4.69) is 25.2 Å². The maximum atomic E-state index is 6.07. The molecule has 0 spiro atoms. The maximum Gasteiger partial charge on any atom is 0.0595 e. The van der Waals surface area contributed by atoms with Crippen LogP contribution in [0.1, 0.15) is 26.9 Å². The highest BCUT2D eigenvalue weighted by molar-refractivity contribution is 7.12. The molecule has 1 atom stereocenters. The van der Waals surface area contributed by atoms with E-state index in [9.17, 15) is 0 Å². The summed E-state index contributed by atoms with van der Waals surface area (Å²) >= 11 is 13.9.